The largest absolute Gasteiger partial charge is 0.497 e. The fraction of sp³-hybridized carbons (Fsp3) is 0.444. The van der Waals surface area contributed by atoms with E-state index < -0.39 is 0 Å². The van der Waals surface area contributed by atoms with Crippen LogP contribution >= 0.6 is 0 Å². The summed E-state index contributed by atoms with van der Waals surface area (Å²) in [5, 5.41) is 8.32. The van der Waals surface area contributed by atoms with Crippen LogP contribution in [0.4, 0.5) is 0 Å². The molecule has 1 aliphatic heterocycles. The Labute approximate surface area is 143 Å². The smallest absolute Gasteiger partial charge is 0.119 e. The second kappa shape index (κ2) is 11.4. The lowest BCUT2D eigenvalue weighted by Gasteiger charge is -2.29. The molecule has 1 aromatic carbocycles. The Morgan fingerprint density at radius 2 is 1.96 bits per heavy atom. The van der Waals surface area contributed by atoms with E-state index in [1.807, 2.05) is 12.9 Å². The summed E-state index contributed by atoms with van der Waals surface area (Å²) in [5.74, 6) is 0.936. The molecule has 24 heavy (non-hydrogen) atoms. The first-order valence-corrected chi connectivity index (χ1v) is 7.64. The van der Waals surface area contributed by atoms with Crippen molar-refractivity contribution >= 4 is 24.0 Å². The van der Waals surface area contributed by atoms with Crippen LogP contribution in [-0.4, -0.2) is 55.9 Å². The zero-order valence-corrected chi connectivity index (χ0v) is 15.1. The zero-order chi connectivity index (χ0) is 18.7. The minimum atomic E-state index is 0.470. The zero-order valence-electron chi connectivity index (χ0n) is 15.1. The van der Waals surface area contributed by atoms with Gasteiger partial charge in [-0.1, -0.05) is 0 Å². The van der Waals surface area contributed by atoms with Gasteiger partial charge in [-0.2, -0.15) is 0 Å². The number of carbonyl (C=O) groups excluding carboxylic acids is 2. The van der Waals surface area contributed by atoms with E-state index in [9.17, 15) is 0 Å². The topological polar surface area (TPSA) is 82.6 Å². The number of aromatic nitrogens is 1. The van der Waals surface area contributed by atoms with E-state index in [2.05, 4.69) is 36.0 Å². The van der Waals surface area contributed by atoms with Gasteiger partial charge in [-0.05, 0) is 51.1 Å². The number of nitrogens with zero attached hydrogens (tertiary/aromatic N) is 1. The molecule has 2 N–H and O–H groups in total. The van der Waals surface area contributed by atoms with Crippen LogP contribution in [0.25, 0.3) is 10.9 Å². The molecule has 0 saturated heterocycles. The van der Waals surface area contributed by atoms with Gasteiger partial charge in [-0.15, -0.1) is 0 Å². The third-order valence-corrected chi connectivity index (χ3v) is 3.94. The second-order valence-corrected chi connectivity index (χ2v) is 5.07. The first kappa shape index (κ1) is 21.8. The molecule has 2 heterocycles. The third-order valence-electron chi connectivity index (χ3n) is 3.94. The molecule has 134 valence electrons. The Hall–Kier alpha value is -2.18. The van der Waals surface area contributed by atoms with E-state index in [1.54, 1.807) is 7.11 Å². The summed E-state index contributed by atoms with van der Waals surface area (Å²) in [6.07, 6.45) is 1.86. The molecule has 0 spiro atoms. The van der Waals surface area contributed by atoms with E-state index in [0.29, 0.717) is 6.04 Å². The molecule has 0 fully saturated rings. The predicted molar refractivity (Wildman–Crippen MR) is 96.6 cm³/mol. The van der Waals surface area contributed by atoms with Gasteiger partial charge in [0.05, 0.1) is 7.11 Å². The molecular weight excluding hydrogens is 308 g/mol. The molecule has 1 atom stereocenters. The van der Waals surface area contributed by atoms with Crippen LogP contribution in [0.3, 0.4) is 0 Å². The molecule has 1 aliphatic rings. The summed E-state index contributed by atoms with van der Waals surface area (Å²) >= 11 is 0. The minimum absolute atomic E-state index is 0.470. The van der Waals surface area contributed by atoms with E-state index in [0.717, 1.165) is 32.1 Å². The normalized spacial score (nSPS) is 15.5. The van der Waals surface area contributed by atoms with Gasteiger partial charge in [-0.3, -0.25) is 4.90 Å². The first-order chi connectivity index (χ1) is 11.6. The summed E-state index contributed by atoms with van der Waals surface area (Å²) < 4.78 is 5.31. The Bertz CT molecular complexity index is 625. The number of hydrogen-bond donors (Lipinski definition) is 2. The number of benzene rings is 1. The van der Waals surface area contributed by atoms with Crippen LogP contribution in [0.15, 0.2) is 18.2 Å². The number of likely N-dealkylation sites (N-methyl/N-ethyl adjacent to an activating group) is 1. The maximum Gasteiger partial charge on any atom is 0.119 e. The van der Waals surface area contributed by atoms with Gasteiger partial charge in [0.2, 0.25) is 0 Å². The average Bonchev–Trinajstić information content (AvgIpc) is 3.01. The quantitative estimate of drug-likeness (QED) is 0.781. The summed E-state index contributed by atoms with van der Waals surface area (Å²) in [4.78, 5) is 22.7. The molecule has 6 heteroatoms. The van der Waals surface area contributed by atoms with Gasteiger partial charge in [0, 0.05) is 36.3 Å². The van der Waals surface area contributed by atoms with Crippen molar-refractivity contribution in [3.63, 3.8) is 0 Å². The monoisotopic (exact) mass is 336 g/mol. The number of aliphatic hydroxyl groups excluding tert-OH is 1. The van der Waals surface area contributed by atoms with Crippen molar-refractivity contribution in [3.05, 3.63) is 29.5 Å². The fourth-order valence-corrected chi connectivity index (χ4v) is 2.70. The molecule has 6 nitrogen and oxygen atoms in total. The maximum atomic E-state index is 8.81. The SMILES string of the molecule is C=O.CC=O.CO.COc1ccc2[nH]c3c(c2c1)CCN(C)C3C. The lowest BCUT2D eigenvalue weighted by atomic mass is 9.99. The second-order valence-electron chi connectivity index (χ2n) is 5.07. The van der Waals surface area contributed by atoms with Gasteiger partial charge in [0.15, 0.2) is 0 Å². The van der Waals surface area contributed by atoms with Crippen LogP contribution in [0.1, 0.15) is 31.1 Å². The molecule has 3 rings (SSSR count). The number of aromatic amines is 1. The molecule has 0 saturated carbocycles. The van der Waals surface area contributed by atoms with Crippen molar-refractivity contribution in [3.8, 4) is 5.75 Å². The van der Waals surface area contributed by atoms with Gasteiger partial charge >= 0.3 is 0 Å². The van der Waals surface area contributed by atoms with Crippen molar-refractivity contribution in [2.45, 2.75) is 26.3 Å². The summed E-state index contributed by atoms with van der Waals surface area (Å²) in [5.41, 5.74) is 4.05. The van der Waals surface area contributed by atoms with Crippen molar-refractivity contribution in [1.82, 2.24) is 9.88 Å². The van der Waals surface area contributed by atoms with Crippen LogP contribution in [-0.2, 0) is 16.0 Å². The predicted octanol–water partition coefficient (Wildman–Crippen LogP) is 2.35. The number of rotatable bonds is 1. The van der Waals surface area contributed by atoms with E-state index in [1.165, 1.54) is 29.1 Å². The molecule has 2 aromatic rings. The van der Waals surface area contributed by atoms with E-state index in [-0.39, 0.29) is 0 Å². The summed E-state index contributed by atoms with van der Waals surface area (Å²) in [6, 6.07) is 6.73. The van der Waals surface area contributed by atoms with Gasteiger partial charge < -0.3 is 24.4 Å². The number of carbonyl (C=O) groups is 2. The third kappa shape index (κ3) is 4.91. The van der Waals surface area contributed by atoms with Crippen LogP contribution in [0.2, 0.25) is 0 Å². The highest BCUT2D eigenvalue weighted by Gasteiger charge is 2.24. The van der Waals surface area contributed by atoms with Crippen molar-refractivity contribution in [2.75, 3.05) is 27.8 Å². The first-order valence-electron chi connectivity index (χ1n) is 7.64. The van der Waals surface area contributed by atoms with Crippen molar-refractivity contribution < 1.29 is 19.4 Å². The maximum absolute atomic E-state index is 8.81. The Balaban J connectivity index is 0.000000667. The van der Waals surface area contributed by atoms with E-state index in [4.69, 9.17) is 19.4 Å². The Kier molecular flexibility index (Phi) is 10.3. The molecule has 0 bridgehead atoms. The fourth-order valence-electron chi connectivity index (χ4n) is 2.70. The number of aliphatic hydroxyl groups is 1. The average molecular weight is 336 g/mol. The summed E-state index contributed by atoms with van der Waals surface area (Å²) in [6.45, 7) is 6.82. The number of fused-ring (bicyclic) bond motifs is 3. The number of H-pyrrole nitrogens is 1. The van der Waals surface area contributed by atoms with Crippen LogP contribution < -0.4 is 4.74 Å². The van der Waals surface area contributed by atoms with Gasteiger partial charge in [0.1, 0.15) is 18.8 Å². The highest BCUT2D eigenvalue weighted by molar-refractivity contribution is 5.86. The van der Waals surface area contributed by atoms with E-state index >= 15 is 0 Å². The molecule has 1 aromatic heterocycles. The lowest BCUT2D eigenvalue weighted by Crippen LogP contribution is -2.30. The van der Waals surface area contributed by atoms with Crippen molar-refractivity contribution in [2.24, 2.45) is 0 Å². The standard InChI is InChI=1S/C14H18N2O.C2H4O.CH4O.CH2O/c1-9-14-11(6-7-16(9)2)12-8-10(17-3)4-5-13(12)15-14;1-2-3;2*1-2/h4-5,8-9,15H,6-7H2,1-3H3;2H,1H3;2H,1H3;1H2. The number of methoxy groups -OCH3 is 1. The van der Waals surface area contributed by atoms with Gasteiger partial charge in [-0.25, -0.2) is 0 Å². The van der Waals surface area contributed by atoms with Crippen LogP contribution in [0, 0.1) is 0 Å². The van der Waals surface area contributed by atoms with Crippen molar-refractivity contribution in [1.29, 1.82) is 0 Å². The summed E-state index contributed by atoms with van der Waals surface area (Å²) in [7, 11) is 4.90. The Morgan fingerprint density at radius 1 is 1.38 bits per heavy atom. The number of nitrogens with one attached hydrogen (secondary N) is 1. The molecule has 1 unspecified atom stereocenters. The lowest BCUT2D eigenvalue weighted by molar-refractivity contribution is -0.106. The number of aldehydes is 1. The number of hydrogen-bond acceptors (Lipinski definition) is 5. The van der Waals surface area contributed by atoms with Crippen LogP contribution in [0.5, 0.6) is 5.75 Å². The highest BCUT2D eigenvalue weighted by Crippen LogP contribution is 2.34. The van der Waals surface area contributed by atoms with Gasteiger partial charge in [0.25, 0.3) is 0 Å². The Morgan fingerprint density at radius 3 is 2.50 bits per heavy atom. The molecule has 0 aliphatic carbocycles. The highest BCUT2D eigenvalue weighted by atomic mass is 16.5. The molecule has 0 amide bonds. The minimum Gasteiger partial charge on any atom is -0.497 e. The number of ether oxygens (including phenoxy) is 1. The molecule has 0 radical (unpaired) electrons. The molecular formula is C18H28N2O4.